The van der Waals surface area contributed by atoms with E-state index in [4.69, 9.17) is 10.9 Å². The van der Waals surface area contributed by atoms with Crippen LogP contribution < -0.4 is 10.5 Å². The van der Waals surface area contributed by atoms with E-state index in [1.54, 1.807) is 24.3 Å². The first-order valence-corrected chi connectivity index (χ1v) is 8.38. The normalized spacial score (nSPS) is 12.3. The molecule has 2 aromatic rings. The van der Waals surface area contributed by atoms with Crippen LogP contribution in [0.15, 0.2) is 49.5 Å². The van der Waals surface area contributed by atoms with E-state index in [-0.39, 0.29) is 10.0 Å². The van der Waals surface area contributed by atoms with Gasteiger partial charge in [-0.15, -0.1) is 11.3 Å². The van der Waals surface area contributed by atoms with Crippen molar-refractivity contribution in [3.8, 4) is 0 Å². The molecule has 6 nitrogen and oxygen atoms in total. The Morgan fingerprint density at radius 1 is 1.35 bits per heavy atom. The van der Waals surface area contributed by atoms with Gasteiger partial charge in [-0.2, -0.15) is 0 Å². The van der Waals surface area contributed by atoms with Gasteiger partial charge in [0.2, 0.25) is 0 Å². The van der Waals surface area contributed by atoms with Crippen LogP contribution in [0.1, 0.15) is 5.56 Å². The number of sulfonamides is 1. The molecule has 106 valence electrons. The third-order valence-corrected chi connectivity index (χ3v) is 5.83. The number of thiophene rings is 1. The van der Waals surface area contributed by atoms with Crippen molar-refractivity contribution in [3.05, 3.63) is 45.7 Å². The SMILES string of the molecule is N/C(=N/O)c1cccc(NS(=O)(=O)c2ccc(Br)s2)c1. The first-order chi connectivity index (χ1) is 9.42. The van der Waals surface area contributed by atoms with Gasteiger partial charge in [-0.25, -0.2) is 8.42 Å². The average molecular weight is 376 g/mol. The molecule has 1 heterocycles. The standard InChI is InChI=1S/C11H10BrN3O3S2/c12-9-4-5-10(19-9)20(17,18)15-8-3-1-2-7(6-8)11(13)14-16/h1-6,15-16H,(H2,13,14). The van der Waals surface area contributed by atoms with Gasteiger partial charge in [-0.05, 0) is 40.2 Å². The van der Waals surface area contributed by atoms with Crippen LogP contribution in [0.4, 0.5) is 5.69 Å². The maximum atomic E-state index is 12.1. The summed E-state index contributed by atoms with van der Waals surface area (Å²) in [4.78, 5) is 0. The number of hydrogen-bond acceptors (Lipinski definition) is 5. The molecular weight excluding hydrogens is 366 g/mol. The number of halogens is 1. The Labute approximate surface area is 128 Å². The molecule has 0 unspecified atom stereocenters. The summed E-state index contributed by atoms with van der Waals surface area (Å²) in [5.41, 5.74) is 6.21. The minimum Gasteiger partial charge on any atom is -0.409 e. The highest BCUT2D eigenvalue weighted by molar-refractivity contribution is 9.11. The number of anilines is 1. The van der Waals surface area contributed by atoms with E-state index in [1.807, 2.05) is 0 Å². The Balaban J connectivity index is 2.30. The summed E-state index contributed by atoms with van der Waals surface area (Å²) in [6.45, 7) is 0. The lowest BCUT2D eigenvalue weighted by Gasteiger charge is -2.07. The molecule has 1 aromatic heterocycles. The Morgan fingerprint density at radius 2 is 2.10 bits per heavy atom. The quantitative estimate of drug-likeness (QED) is 0.330. The summed E-state index contributed by atoms with van der Waals surface area (Å²) in [6, 6.07) is 9.43. The second-order valence-electron chi connectivity index (χ2n) is 3.73. The van der Waals surface area contributed by atoms with Crippen LogP contribution in [-0.4, -0.2) is 19.5 Å². The molecule has 0 aliphatic carbocycles. The third-order valence-electron chi connectivity index (χ3n) is 2.33. The van der Waals surface area contributed by atoms with Crippen molar-refractivity contribution in [2.24, 2.45) is 10.9 Å². The number of nitrogens with one attached hydrogen (secondary N) is 1. The zero-order chi connectivity index (χ0) is 14.8. The monoisotopic (exact) mass is 375 g/mol. The maximum absolute atomic E-state index is 12.1. The van der Waals surface area contributed by atoms with Gasteiger partial charge < -0.3 is 10.9 Å². The van der Waals surface area contributed by atoms with Gasteiger partial charge in [0, 0.05) is 11.3 Å². The van der Waals surface area contributed by atoms with Gasteiger partial charge in [-0.1, -0.05) is 17.3 Å². The predicted molar refractivity (Wildman–Crippen MR) is 81.8 cm³/mol. The summed E-state index contributed by atoms with van der Waals surface area (Å²) in [6.07, 6.45) is 0. The zero-order valence-corrected chi connectivity index (χ0v) is 13.2. The minimum atomic E-state index is -3.65. The van der Waals surface area contributed by atoms with Gasteiger partial charge in [0.15, 0.2) is 5.84 Å². The van der Waals surface area contributed by atoms with Gasteiger partial charge in [0.25, 0.3) is 10.0 Å². The number of oxime groups is 1. The third kappa shape index (κ3) is 3.30. The van der Waals surface area contributed by atoms with Crippen molar-refractivity contribution in [1.82, 2.24) is 0 Å². The van der Waals surface area contributed by atoms with Crippen molar-refractivity contribution in [1.29, 1.82) is 0 Å². The van der Waals surface area contributed by atoms with Crippen LogP contribution in [0.25, 0.3) is 0 Å². The Kier molecular flexibility index (Phi) is 4.31. The molecule has 0 aliphatic rings. The molecule has 0 atom stereocenters. The van der Waals surface area contributed by atoms with Crippen molar-refractivity contribution < 1.29 is 13.6 Å². The topological polar surface area (TPSA) is 105 Å². The van der Waals surface area contributed by atoms with Crippen molar-refractivity contribution in [2.45, 2.75) is 4.21 Å². The average Bonchev–Trinajstić information content (AvgIpc) is 2.85. The number of amidine groups is 1. The van der Waals surface area contributed by atoms with E-state index < -0.39 is 10.0 Å². The largest absolute Gasteiger partial charge is 0.409 e. The van der Waals surface area contributed by atoms with Crippen molar-refractivity contribution >= 4 is 48.8 Å². The molecule has 0 saturated carbocycles. The van der Waals surface area contributed by atoms with Crippen LogP contribution >= 0.6 is 27.3 Å². The smallest absolute Gasteiger partial charge is 0.271 e. The van der Waals surface area contributed by atoms with E-state index in [9.17, 15) is 8.42 Å². The van der Waals surface area contributed by atoms with Gasteiger partial charge >= 0.3 is 0 Å². The Bertz CT molecular complexity index is 756. The van der Waals surface area contributed by atoms with E-state index in [1.165, 1.54) is 12.1 Å². The fraction of sp³-hybridized carbons (Fsp3) is 0. The minimum absolute atomic E-state index is 0.0927. The number of benzene rings is 1. The zero-order valence-electron chi connectivity index (χ0n) is 9.95. The van der Waals surface area contributed by atoms with Gasteiger partial charge in [-0.3, -0.25) is 4.72 Å². The van der Waals surface area contributed by atoms with E-state index in [0.29, 0.717) is 11.3 Å². The summed E-state index contributed by atoms with van der Waals surface area (Å²) < 4.78 is 27.6. The molecule has 9 heteroatoms. The highest BCUT2D eigenvalue weighted by Crippen LogP contribution is 2.27. The number of hydrogen-bond donors (Lipinski definition) is 3. The molecule has 0 amide bonds. The number of nitrogens with two attached hydrogens (primary N) is 1. The maximum Gasteiger partial charge on any atom is 0.271 e. The second-order valence-corrected chi connectivity index (χ2v) is 8.10. The fourth-order valence-electron chi connectivity index (χ4n) is 1.45. The van der Waals surface area contributed by atoms with E-state index >= 15 is 0 Å². The lowest BCUT2D eigenvalue weighted by Crippen LogP contribution is -2.15. The summed E-state index contributed by atoms with van der Waals surface area (Å²) in [5, 5.41) is 11.5. The van der Waals surface area contributed by atoms with Crippen LogP contribution in [0.3, 0.4) is 0 Å². The molecule has 0 saturated heterocycles. The number of nitrogens with zero attached hydrogens (tertiary/aromatic N) is 1. The Morgan fingerprint density at radius 3 is 2.70 bits per heavy atom. The van der Waals surface area contributed by atoms with Gasteiger partial charge in [0.1, 0.15) is 4.21 Å². The Hall–Kier alpha value is -1.58. The predicted octanol–water partition coefficient (Wildman–Crippen LogP) is 2.41. The first kappa shape index (κ1) is 14.8. The van der Waals surface area contributed by atoms with Crippen molar-refractivity contribution in [2.75, 3.05) is 4.72 Å². The highest BCUT2D eigenvalue weighted by atomic mass is 79.9. The molecule has 0 spiro atoms. The summed E-state index contributed by atoms with van der Waals surface area (Å²) >= 11 is 4.32. The molecule has 4 N–H and O–H groups in total. The molecule has 20 heavy (non-hydrogen) atoms. The van der Waals surface area contributed by atoms with Gasteiger partial charge in [0.05, 0.1) is 3.79 Å². The molecule has 0 aliphatic heterocycles. The van der Waals surface area contributed by atoms with Crippen LogP contribution in [0.5, 0.6) is 0 Å². The second kappa shape index (κ2) is 5.81. The van der Waals surface area contributed by atoms with Crippen molar-refractivity contribution in [3.63, 3.8) is 0 Å². The summed E-state index contributed by atoms with van der Waals surface area (Å²) in [7, 11) is -3.65. The molecular formula is C11H10BrN3O3S2. The number of rotatable bonds is 4. The lowest BCUT2D eigenvalue weighted by molar-refractivity contribution is 0.318. The van der Waals surface area contributed by atoms with Crippen LogP contribution in [0, 0.1) is 0 Å². The lowest BCUT2D eigenvalue weighted by atomic mass is 10.2. The van der Waals surface area contributed by atoms with E-state index in [2.05, 4.69) is 25.8 Å². The fourth-order valence-corrected chi connectivity index (χ4v) is 4.51. The molecule has 2 rings (SSSR count). The highest BCUT2D eigenvalue weighted by Gasteiger charge is 2.16. The van der Waals surface area contributed by atoms with Crippen LogP contribution in [0.2, 0.25) is 0 Å². The van der Waals surface area contributed by atoms with E-state index in [0.717, 1.165) is 15.1 Å². The molecule has 0 bridgehead atoms. The first-order valence-electron chi connectivity index (χ1n) is 5.28. The van der Waals surface area contributed by atoms with Crippen LogP contribution in [-0.2, 0) is 10.0 Å². The molecule has 0 radical (unpaired) electrons. The molecule has 0 fully saturated rings. The summed E-state index contributed by atoms with van der Waals surface area (Å²) in [5.74, 6) is -0.0927. The molecule has 1 aromatic carbocycles.